The van der Waals surface area contributed by atoms with Crippen molar-refractivity contribution in [1.82, 2.24) is 0 Å². The van der Waals surface area contributed by atoms with Crippen LogP contribution in [0.2, 0.25) is 0 Å². The van der Waals surface area contributed by atoms with Gasteiger partial charge in [-0.2, -0.15) is 0 Å². The zero-order valence-electron chi connectivity index (χ0n) is 17.6. The second-order valence-electron chi connectivity index (χ2n) is 7.29. The summed E-state index contributed by atoms with van der Waals surface area (Å²) in [5.41, 5.74) is 0. The molecule has 0 saturated carbocycles. The first-order chi connectivity index (χ1) is 12.7. The second-order valence-corrected chi connectivity index (χ2v) is 7.29. The van der Waals surface area contributed by atoms with E-state index in [2.05, 4.69) is 6.92 Å². The van der Waals surface area contributed by atoms with Crippen molar-refractivity contribution >= 4 is 0 Å². The van der Waals surface area contributed by atoms with Crippen LogP contribution in [0.4, 0.5) is 0 Å². The Morgan fingerprint density at radius 3 is 2.08 bits per heavy atom. The molecule has 1 rings (SSSR count). The molecule has 0 bridgehead atoms. The van der Waals surface area contributed by atoms with Crippen LogP contribution in [0, 0.1) is 5.92 Å². The smallest absolute Gasteiger partial charge is 0.285 e. The Balaban J connectivity index is 2.28. The lowest BCUT2D eigenvalue weighted by molar-refractivity contribution is -0.380. The summed E-state index contributed by atoms with van der Waals surface area (Å²) in [5.74, 6) is -0.726. The first-order valence-electron chi connectivity index (χ1n) is 10.6. The van der Waals surface area contributed by atoms with Gasteiger partial charge in [0.2, 0.25) is 0 Å². The SMILES string of the molecule is CCCCCCCCC(CCCOCCC1CCO1)C(OC)(OC)OC. The Morgan fingerprint density at radius 1 is 0.885 bits per heavy atom. The highest BCUT2D eigenvalue weighted by atomic mass is 16.9. The first kappa shape index (κ1) is 23.8. The van der Waals surface area contributed by atoms with E-state index in [1.54, 1.807) is 21.3 Å². The van der Waals surface area contributed by atoms with Crippen LogP contribution in [0.3, 0.4) is 0 Å². The molecule has 1 saturated heterocycles. The Labute approximate surface area is 161 Å². The van der Waals surface area contributed by atoms with Gasteiger partial charge < -0.3 is 23.7 Å². The minimum Gasteiger partial charge on any atom is -0.381 e. The van der Waals surface area contributed by atoms with E-state index in [1.165, 1.54) is 44.9 Å². The molecule has 2 unspecified atom stereocenters. The summed E-state index contributed by atoms with van der Waals surface area (Å²) in [6.07, 6.45) is 13.4. The maximum absolute atomic E-state index is 5.77. The third-order valence-corrected chi connectivity index (χ3v) is 5.48. The molecule has 1 aliphatic heterocycles. The van der Waals surface area contributed by atoms with E-state index < -0.39 is 5.97 Å². The summed E-state index contributed by atoms with van der Waals surface area (Å²) >= 11 is 0. The standard InChI is InChI=1S/C21H42O5/c1-5-6-7-8-9-10-12-19(21(22-2,23-3)24-4)13-11-16-25-17-14-20-15-18-26-20/h19-20H,5-18H2,1-4H3. The molecule has 0 aromatic carbocycles. The monoisotopic (exact) mass is 374 g/mol. The molecule has 0 N–H and O–H groups in total. The summed E-state index contributed by atoms with van der Waals surface area (Å²) < 4.78 is 28.1. The van der Waals surface area contributed by atoms with Gasteiger partial charge in [0.25, 0.3) is 5.97 Å². The van der Waals surface area contributed by atoms with Gasteiger partial charge in [0, 0.05) is 47.1 Å². The largest absolute Gasteiger partial charge is 0.381 e. The molecule has 0 spiro atoms. The summed E-state index contributed by atoms with van der Waals surface area (Å²) in [6, 6.07) is 0. The molecule has 0 amide bonds. The molecule has 1 aliphatic rings. The summed E-state index contributed by atoms with van der Waals surface area (Å²) in [6.45, 7) is 4.73. The first-order valence-corrected chi connectivity index (χ1v) is 10.6. The van der Waals surface area contributed by atoms with Gasteiger partial charge in [0.1, 0.15) is 0 Å². The predicted octanol–water partition coefficient (Wildman–Crippen LogP) is 4.92. The number of rotatable bonds is 18. The van der Waals surface area contributed by atoms with Gasteiger partial charge in [-0.1, -0.05) is 45.4 Å². The fraction of sp³-hybridized carbons (Fsp3) is 1.00. The molecule has 0 aromatic rings. The van der Waals surface area contributed by atoms with Gasteiger partial charge in [-0.3, -0.25) is 0 Å². The van der Waals surface area contributed by atoms with Crippen molar-refractivity contribution in [2.45, 2.75) is 89.6 Å². The highest BCUT2D eigenvalue weighted by molar-refractivity contribution is 4.72. The molecule has 5 nitrogen and oxygen atoms in total. The third-order valence-electron chi connectivity index (χ3n) is 5.48. The molecular formula is C21H42O5. The van der Waals surface area contributed by atoms with Crippen molar-refractivity contribution in [2.24, 2.45) is 5.92 Å². The Hall–Kier alpha value is -0.200. The van der Waals surface area contributed by atoms with Crippen LogP contribution in [-0.2, 0) is 23.7 Å². The highest BCUT2D eigenvalue weighted by Crippen LogP contribution is 2.32. The summed E-state index contributed by atoms with van der Waals surface area (Å²) in [7, 11) is 4.99. The Morgan fingerprint density at radius 2 is 1.50 bits per heavy atom. The zero-order valence-corrected chi connectivity index (χ0v) is 17.6. The molecule has 2 atom stereocenters. The van der Waals surface area contributed by atoms with Gasteiger partial charge in [-0.05, 0) is 32.1 Å². The molecular weight excluding hydrogens is 332 g/mol. The van der Waals surface area contributed by atoms with E-state index >= 15 is 0 Å². The number of ether oxygens (including phenoxy) is 5. The van der Waals surface area contributed by atoms with E-state index in [4.69, 9.17) is 23.7 Å². The Kier molecular flexibility index (Phi) is 13.6. The molecule has 1 heterocycles. The van der Waals surface area contributed by atoms with Gasteiger partial charge in [-0.15, -0.1) is 0 Å². The number of hydrogen-bond donors (Lipinski definition) is 0. The molecule has 5 heteroatoms. The van der Waals surface area contributed by atoms with Crippen molar-refractivity contribution in [3.05, 3.63) is 0 Å². The van der Waals surface area contributed by atoms with Gasteiger partial charge in [-0.25, -0.2) is 0 Å². The maximum atomic E-state index is 5.77. The average molecular weight is 375 g/mol. The average Bonchev–Trinajstić information content (AvgIpc) is 2.63. The summed E-state index contributed by atoms with van der Waals surface area (Å²) in [5, 5.41) is 0. The van der Waals surface area contributed by atoms with E-state index in [1.807, 2.05) is 0 Å². The lowest BCUT2D eigenvalue weighted by Gasteiger charge is -2.36. The van der Waals surface area contributed by atoms with E-state index in [-0.39, 0.29) is 5.92 Å². The van der Waals surface area contributed by atoms with Crippen molar-refractivity contribution in [1.29, 1.82) is 0 Å². The number of methoxy groups -OCH3 is 3. The molecule has 0 aromatic heterocycles. The molecule has 1 fully saturated rings. The molecule has 156 valence electrons. The zero-order chi connectivity index (χ0) is 19.1. The van der Waals surface area contributed by atoms with Crippen molar-refractivity contribution in [3.8, 4) is 0 Å². The van der Waals surface area contributed by atoms with Crippen LogP contribution in [0.25, 0.3) is 0 Å². The maximum Gasteiger partial charge on any atom is 0.285 e. The third kappa shape index (κ3) is 8.66. The quantitative estimate of drug-likeness (QED) is 0.252. The van der Waals surface area contributed by atoms with Gasteiger partial charge in [0.05, 0.1) is 6.10 Å². The Bertz CT molecular complexity index is 307. The predicted molar refractivity (Wildman–Crippen MR) is 104 cm³/mol. The normalized spacial score (nSPS) is 18.7. The highest BCUT2D eigenvalue weighted by Gasteiger charge is 2.39. The van der Waals surface area contributed by atoms with Crippen molar-refractivity contribution in [3.63, 3.8) is 0 Å². The fourth-order valence-electron chi connectivity index (χ4n) is 3.68. The van der Waals surface area contributed by atoms with Crippen LogP contribution in [-0.4, -0.2) is 53.2 Å². The summed E-state index contributed by atoms with van der Waals surface area (Å²) in [4.78, 5) is 0. The van der Waals surface area contributed by atoms with E-state index in [9.17, 15) is 0 Å². The lowest BCUT2D eigenvalue weighted by Crippen LogP contribution is -2.44. The lowest BCUT2D eigenvalue weighted by atomic mass is 9.93. The van der Waals surface area contributed by atoms with Crippen LogP contribution in [0.15, 0.2) is 0 Å². The number of hydrogen-bond acceptors (Lipinski definition) is 5. The minimum atomic E-state index is -0.941. The van der Waals surface area contributed by atoms with Gasteiger partial charge >= 0.3 is 0 Å². The van der Waals surface area contributed by atoms with Crippen LogP contribution in [0.1, 0.15) is 77.6 Å². The van der Waals surface area contributed by atoms with Crippen LogP contribution >= 0.6 is 0 Å². The fourth-order valence-corrected chi connectivity index (χ4v) is 3.68. The van der Waals surface area contributed by atoms with E-state index in [0.29, 0.717) is 6.10 Å². The number of unbranched alkanes of at least 4 members (excludes halogenated alkanes) is 5. The van der Waals surface area contributed by atoms with Crippen LogP contribution in [0.5, 0.6) is 0 Å². The van der Waals surface area contributed by atoms with Crippen molar-refractivity contribution < 1.29 is 23.7 Å². The minimum absolute atomic E-state index is 0.215. The molecule has 0 radical (unpaired) electrons. The van der Waals surface area contributed by atoms with Gasteiger partial charge in [0.15, 0.2) is 0 Å². The topological polar surface area (TPSA) is 46.2 Å². The molecule has 0 aliphatic carbocycles. The van der Waals surface area contributed by atoms with Crippen LogP contribution < -0.4 is 0 Å². The van der Waals surface area contributed by atoms with Crippen molar-refractivity contribution in [2.75, 3.05) is 41.2 Å². The second kappa shape index (κ2) is 14.8. The van der Waals surface area contributed by atoms with E-state index in [0.717, 1.165) is 45.5 Å². The molecule has 26 heavy (non-hydrogen) atoms.